The number of hydrogen-bond acceptors (Lipinski definition) is 3. The van der Waals surface area contributed by atoms with Crippen molar-refractivity contribution >= 4 is 16.8 Å². The molecule has 3 rings (SSSR count). The number of pyridine rings is 1. The van der Waals surface area contributed by atoms with Crippen LogP contribution in [-0.2, 0) is 11.3 Å². The van der Waals surface area contributed by atoms with E-state index in [2.05, 4.69) is 15.6 Å². The van der Waals surface area contributed by atoms with Gasteiger partial charge >= 0.3 is 0 Å². The third kappa shape index (κ3) is 2.51. The van der Waals surface area contributed by atoms with Crippen molar-refractivity contribution in [3.8, 4) is 0 Å². The van der Waals surface area contributed by atoms with Gasteiger partial charge in [0.25, 0.3) is 5.56 Å². The molecule has 1 fully saturated rings. The molecule has 5 heteroatoms. The Morgan fingerprint density at radius 2 is 2.11 bits per heavy atom. The summed E-state index contributed by atoms with van der Waals surface area (Å²) < 4.78 is 0. The molecule has 3 N–H and O–H groups in total. The fourth-order valence-corrected chi connectivity index (χ4v) is 2.33. The highest BCUT2D eigenvalue weighted by molar-refractivity contribution is 5.79. The Morgan fingerprint density at radius 3 is 2.89 bits per heavy atom. The molecular weight excluding hydrogens is 242 g/mol. The molecule has 19 heavy (non-hydrogen) atoms. The van der Waals surface area contributed by atoms with Gasteiger partial charge in [-0.2, -0.15) is 0 Å². The van der Waals surface area contributed by atoms with Crippen molar-refractivity contribution in [1.82, 2.24) is 15.6 Å². The second-order valence-corrected chi connectivity index (χ2v) is 4.80. The highest BCUT2D eigenvalue weighted by Gasteiger charge is 2.20. The first-order valence-electron chi connectivity index (χ1n) is 6.33. The summed E-state index contributed by atoms with van der Waals surface area (Å²) in [5, 5.41) is 7.01. The van der Waals surface area contributed by atoms with Gasteiger partial charge in [-0.05, 0) is 17.5 Å². The number of aromatic nitrogens is 1. The third-order valence-corrected chi connectivity index (χ3v) is 3.39. The van der Waals surface area contributed by atoms with E-state index in [0.717, 1.165) is 10.9 Å². The van der Waals surface area contributed by atoms with Crippen LogP contribution >= 0.6 is 0 Å². The van der Waals surface area contributed by atoms with E-state index in [4.69, 9.17) is 0 Å². The first-order valence-corrected chi connectivity index (χ1v) is 6.33. The summed E-state index contributed by atoms with van der Waals surface area (Å²) in [4.78, 5) is 25.9. The predicted octanol–water partition coefficient (Wildman–Crippen LogP) is 0.506. The Balaban J connectivity index is 1.79. The van der Waals surface area contributed by atoms with Crippen molar-refractivity contribution in [3.63, 3.8) is 0 Å². The molecule has 1 aromatic heterocycles. The van der Waals surface area contributed by atoms with Crippen LogP contribution in [0.25, 0.3) is 10.9 Å². The molecule has 2 aromatic rings. The van der Waals surface area contributed by atoms with Gasteiger partial charge in [-0.3, -0.25) is 9.59 Å². The minimum Gasteiger partial charge on any atom is -0.354 e. The lowest BCUT2D eigenvalue weighted by Crippen LogP contribution is -2.32. The van der Waals surface area contributed by atoms with Crippen molar-refractivity contribution in [1.29, 1.82) is 0 Å². The molecule has 1 saturated heterocycles. The number of rotatable bonds is 3. The molecule has 0 bridgehead atoms. The van der Waals surface area contributed by atoms with Gasteiger partial charge in [0.15, 0.2) is 0 Å². The number of carbonyl (C=O) groups is 1. The fraction of sp³-hybridized carbons (Fsp3) is 0.286. The van der Waals surface area contributed by atoms with Crippen molar-refractivity contribution in [2.24, 2.45) is 0 Å². The van der Waals surface area contributed by atoms with Gasteiger partial charge in [-0.15, -0.1) is 0 Å². The van der Waals surface area contributed by atoms with Crippen molar-refractivity contribution < 1.29 is 4.79 Å². The fourth-order valence-electron chi connectivity index (χ4n) is 2.33. The summed E-state index contributed by atoms with van der Waals surface area (Å²) in [6.07, 6.45) is 0.478. The Bertz CT molecular complexity index is 678. The van der Waals surface area contributed by atoms with Crippen molar-refractivity contribution in [3.05, 3.63) is 46.2 Å². The maximum absolute atomic E-state index is 11.9. The SMILES string of the molecule is O=C1CC(NCc2cc3ccccc3[nH]c2=O)CN1. The van der Waals surface area contributed by atoms with Gasteiger partial charge < -0.3 is 15.6 Å². The molecule has 0 saturated carbocycles. The number of amides is 1. The van der Waals surface area contributed by atoms with E-state index in [1.807, 2.05) is 30.3 Å². The van der Waals surface area contributed by atoms with E-state index in [9.17, 15) is 9.59 Å². The monoisotopic (exact) mass is 257 g/mol. The molecule has 1 unspecified atom stereocenters. The number of para-hydroxylation sites is 1. The van der Waals surface area contributed by atoms with Gasteiger partial charge in [0.1, 0.15) is 0 Å². The van der Waals surface area contributed by atoms with Gasteiger partial charge in [-0.25, -0.2) is 0 Å². The molecule has 1 aromatic carbocycles. The topological polar surface area (TPSA) is 74.0 Å². The summed E-state index contributed by atoms with van der Waals surface area (Å²) >= 11 is 0. The van der Waals surface area contributed by atoms with Crippen molar-refractivity contribution in [2.45, 2.75) is 19.0 Å². The van der Waals surface area contributed by atoms with Gasteiger partial charge in [0, 0.05) is 36.6 Å². The molecular formula is C14H15N3O2. The highest BCUT2D eigenvalue weighted by Crippen LogP contribution is 2.10. The molecule has 0 spiro atoms. The Kier molecular flexibility index (Phi) is 3.05. The highest BCUT2D eigenvalue weighted by atomic mass is 16.2. The normalized spacial score (nSPS) is 18.7. The van der Waals surface area contributed by atoms with Crippen LogP contribution in [0.15, 0.2) is 35.1 Å². The number of benzene rings is 1. The number of H-pyrrole nitrogens is 1. The lowest BCUT2D eigenvalue weighted by molar-refractivity contribution is -0.119. The Morgan fingerprint density at radius 1 is 1.26 bits per heavy atom. The second kappa shape index (κ2) is 4.85. The van der Waals surface area contributed by atoms with Crippen LogP contribution < -0.4 is 16.2 Å². The summed E-state index contributed by atoms with van der Waals surface area (Å²) in [5.41, 5.74) is 1.45. The largest absolute Gasteiger partial charge is 0.354 e. The van der Waals surface area contributed by atoms with Crippen LogP contribution in [0.1, 0.15) is 12.0 Å². The van der Waals surface area contributed by atoms with Crippen LogP contribution in [-0.4, -0.2) is 23.5 Å². The van der Waals surface area contributed by atoms with Gasteiger partial charge in [0.05, 0.1) is 0 Å². The third-order valence-electron chi connectivity index (χ3n) is 3.39. The number of nitrogens with one attached hydrogen (secondary N) is 3. The zero-order valence-electron chi connectivity index (χ0n) is 10.4. The zero-order chi connectivity index (χ0) is 13.2. The Hall–Kier alpha value is -2.14. The smallest absolute Gasteiger partial charge is 0.252 e. The first kappa shape index (κ1) is 11.9. The van der Waals surface area contributed by atoms with E-state index in [1.165, 1.54) is 0 Å². The molecule has 0 radical (unpaired) electrons. The molecule has 2 heterocycles. The van der Waals surface area contributed by atoms with Crippen LogP contribution in [0, 0.1) is 0 Å². The summed E-state index contributed by atoms with van der Waals surface area (Å²) in [6, 6.07) is 9.69. The first-order chi connectivity index (χ1) is 9.22. The van der Waals surface area contributed by atoms with Crippen LogP contribution in [0.2, 0.25) is 0 Å². The minimum atomic E-state index is -0.0801. The molecule has 1 aliphatic heterocycles. The van der Waals surface area contributed by atoms with E-state index in [-0.39, 0.29) is 17.5 Å². The van der Waals surface area contributed by atoms with Crippen LogP contribution in [0.3, 0.4) is 0 Å². The maximum Gasteiger partial charge on any atom is 0.252 e. The number of aromatic amines is 1. The zero-order valence-corrected chi connectivity index (χ0v) is 10.4. The van der Waals surface area contributed by atoms with Crippen LogP contribution in [0.4, 0.5) is 0 Å². The molecule has 1 amide bonds. The average Bonchev–Trinajstić information content (AvgIpc) is 2.82. The van der Waals surface area contributed by atoms with Gasteiger partial charge in [0.2, 0.25) is 5.91 Å². The summed E-state index contributed by atoms with van der Waals surface area (Å²) in [7, 11) is 0. The number of hydrogen-bond donors (Lipinski definition) is 3. The lowest BCUT2D eigenvalue weighted by Gasteiger charge is -2.10. The van der Waals surface area contributed by atoms with E-state index in [0.29, 0.717) is 25.1 Å². The van der Waals surface area contributed by atoms with E-state index >= 15 is 0 Å². The maximum atomic E-state index is 11.9. The van der Waals surface area contributed by atoms with Gasteiger partial charge in [-0.1, -0.05) is 18.2 Å². The number of fused-ring (bicyclic) bond motifs is 1. The quantitative estimate of drug-likeness (QED) is 0.750. The predicted molar refractivity (Wildman–Crippen MR) is 72.8 cm³/mol. The van der Waals surface area contributed by atoms with E-state index in [1.54, 1.807) is 0 Å². The standard InChI is InChI=1S/C14H15N3O2/c18-13-6-11(8-16-13)15-7-10-5-9-3-1-2-4-12(9)17-14(10)19/h1-5,11,15H,6-8H2,(H,16,18)(H,17,19). The van der Waals surface area contributed by atoms with Crippen LogP contribution in [0.5, 0.6) is 0 Å². The molecule has 98 valence electrons. The van der Waals surface area contributed by atoms with E-state index < -0.39 is 0 Å². The molecule has 0 aliphatic carbocycles. The minimum absolute atomic E-state index is 0.0601. The molecule has 1 atom stereocenters. The second-order valence-electron chi connectivity index (χ2n) is 4.80. The average molecular weight is 257 g/mol. The number of carbonyl (C=O) groups excluding carboxylic acids is 1. The lowest BCUT2D eigenvalue weighted by atomic mass is 10.1. The Labute approximate surface area is 110 Å². The summed E-state index contributed by atoms with van der Waals surface area (Å²) in [5.74, 6) is 0.0601. The summed E-state index contributed by atoms with van der Waals surface area (Å²) in [6.45, 7) is 1.10. The molecule has 5 nitrogen and oxygen atoms in total. The van der Waals surface area contributed by atoms with Crippen molar-refractivity contribution in [2.75, 3.05) is 6.54 Å². The molecule has 1 aliphatic rings.